The summed E-state index contributed by atoms with van der Waals surface area (Å²) >= 11 is 0. The quantitative estimate of drug-likeness (QED) is 0.566. The molecule has 0 spiro atoms. The highest BCUT2D eigenvalue weighted by Crippen LogP contribution is 2.29. The van der Waals surface area contributed by atoms with Gasteiger partial charge in [0, 0.05) is 5.92 Å². The second-order valence-corrected chi connectivity index (χ2v) is 10.6. The minimum Gasteiger partial charge on any atom is -0.305 e. The molecule has 92 valence electrons. The highest BCUT2D eigenvalue weighted by Gasteiger charge is 2.34. The first-order chi connectivity index (χ1) is 7.88. The Morgan fingerprint density at radius 2 is 1.76 bits per heavy atom. The Kier molecular flexibility index (Phi) is 4.46. The van der Waals surface area contributed by atoms with Crippen LogP contribution >= 0.6 is 0 Å². The normalized spacial score (nSPS) is 15.1. The van der Waals surface area contributed by atoms with Crippen LogP contribution in [0.25, 0.3) is 0 Å². The van der Waals surface area contributed by atoms with Crippen LogP contribution in [0.1, 0.15) is 18.4 Å². The average Bonchev–Trinajstić information content (AvgIpc) is 2.29. The van der Waals surface area contributed by atoms with Crippen LogP contribution < -0.4 is 0 Å². The van der Waals surface area contributed by atoms with Crippen molar-refractivity contribution in [2.24, 2.45) is 5.92 Å². The zero-order chi connectivity index (χ0) is 13.1. The summed E-state index contributed by atoms with van der Waals surface area (Å²) in [6.45, 7) is 12.2. The smallest absolute Gasteiger partial charge is 0.124 e. The van der Waals surface area contributed by atoms with Crippen LogP contribution in [0.3, 0.4) is 0 Å². The van der Waals surface area contributed by atoms with Gasteiger partial charge in [-0.2, -0.15) is 0 Å². The summed E-state index contributed by atoms with van der Waals surface area (Å²) in [7, 11) is -1.77. The molecule has 0 saturated carbocycles. The van der Waals surface area contributed by atoms with Crippen molar-refractivity contribution in [1.82, 2.24) is 0 Å². The zero-order valence-corrected chi connectivity index (χ0v) is 12.2. The maximum absolute atomic E-state index is 12.6. The lowest BCUT2D eigenvalue weighted by molar-refractivity contribution is -0.114. The lowest BCUT2D eigenvalue weighted by Crippen LogP contribution is -2.39. The second-order valence-electron chi connectivity index (χ2n) is 5.60. The van der Waals surface area contributed by atoms with Gasteiger partial charge in [-0.25, -0.2) is 0 Å². The number of benzene rings is 1. The first-order valence-corrected chi connectivity index (χ1v) is 9.59. The van der Waals surface area contributed by atoms with Gasteiger partial charge in [0.25, 0.3) is 0 Å². The molecule has 0 amide bonds. The molecular weight excluding hydrogens is 224 g/mol. The predicted octanol–water partition coefficient (Wildman–Crippen LogP) is 4.04. The highest BCUT2D eigenvalue weighted by atomic mass is 28.3. The standard InChI is InChI=1S/C15H22OSi/c1-6-12(2)14(15(16)17(3,4)5)13-10-8-7-9-11-13/h6-12,14H,1H2,2-5H3/t12-,14+/m0/s1. The van der Waals surface area contributed by atoms with Crippen LogP contribution in [-0.4, -0.2) is 13.5 Å². The van der Waals surface area contributed by atoms with Gasteiger partial charge in [0.2, 0.25) is 0 Å². The van der Waals surface area contributed by atoms with Gasteiger partial charge in [0.1, 0.15) is 13.5 Å². The zero-order valence-electron chi connectivity index (χ0n) is 11.2. The number of rotatable bonds is 5. The van der Waals surface area contributed by atoms with E-state index in [0.717, 1.165) is 5.56 Å². The van der Waals surface area contributed by atoms with Gasteiger partial charge in [-0.05, 0) is 11.5 Å². The summed E-state index contributed by atoms with van der Waals surface area (Å²) in [6, 6.07) is 10.1. The average molecular weight is 246 g/mol. The molecule has 0 aromatic heterocycles. The molecule has 1 nitrogen and oxygen atoms in total. The van der Waals surface area contributed by atoms with Gasteiger partial charge < -0.3 is 4.79 Å². The van der Waals surface area contributed by atoms with Crippen LogP contribution in [0.2, 0.25) is 19.6 Å². The molecule has 0 saturated heterocycles. The lowest BCUT2D eigenvalue weighted by Gasteiger charge is -2.27. The predicted molar refractivity (Wildman–Crippen MR) is 76.9 cm³/mol. The van der Waals surface area contributed by atoms with Crippen molar-refractivity contribution < 1.29 is 4.79 Å². The summed E-state index contributed by atoms with van der Waals surface area (Å²) in [5.74, 6) is 0.164. The maximum atomic E-state index is 12.6. The molecule has 1 rings (SSSR count). The molecule has 1 aromatic rings. The lowest BCUT2D eigenvalue weighted by atomic mass is 9.88. The van der Waals surface area contributed by atoms with Gasteiger partial charge in [0.15, 0.2) is 0 Å². The SMILES string of the molecule is C=C[C@H](C)[C@@H](C(=O)[Si](C)(C)C)c1ccccc1. The molecule has 0 heterocycles. The summed E-state index contributed by atoms with van der Waals surface area (Å²) < 4.78 is 0. The third kappa shape index (κ3) is 3.40. The fourth-order valence-corrected chi connectivity index (χ4v) is 3.32. The minimum absolute atomic E-state index is 0.0274. The Hall–Kier alpha value is -1.15. The number of allylic oxidation sites excluding steroid dienone is 1. The van der Waals surface area contributed by atoms with Gasteiger partial charge in [0.05, 0.1) is 0 Å². The molecule has 0 aliphatic rings. The van der Waals surface area contributed by atoms with Crippen molar-refractivity contribution in [3.05, 3.63) is 48.6 Å². The molecule has 1 aromatic carbocycles. The van der Waals surface area contributed by atoms with E-state index in [1.807, 2.05) is 36.4 Å². The van der Waals surface area contributed by atoms with Crippen LogP contribution in [0.4, 0.5) is 0 Å². The Bertz CT molecular complexity index is 389. The van der Waals surface area contributed by atoms with E-state index in [4.69, 9.17) is 0 Å². The van der Waals surface area contributed by atoms with Crippen molar-refractivity contribution in [1.29, 1.82) is 0 Å². The molecule has 0 bridgehead atoms. The molecule has 0 aliphatic carbocycles. The third-order valence-electron chi connectivity index (χ3n) is 3.08. The highest BCUT2D eigenvalue weighted by molar-refractivity contribution is 7.04. The molecule has 2 atom stereocenters. The third-order valence-corrected chi connectivity index (χ3v) is 4.87. The second kappa shape index (κ2) is 5.45. The van der Waals surface area contributed by atoms with Crippen LogP contribution in [0, 0.1) is 5.92 Å². The summed E-state index contributed by atoms with van der Waals surface area (Å²) in [5.41, 5.74) is 1.12. The molecule has 0 fully saturated rings. The van der Waals surface area contributed by atoms with Crippen molar-refractivity contribution in [2.45, 2.75) is 32.5 Å². The summed E-state index contributed by atoms with van der Waals surface area (Å²) in [6.07, 6.45) is 1.88. The first-order valence-electron chi connectivity index (χ1n) is 6.09. The van der Waals surface area contributed by atoms with E-state index in [0.29, 0.717) is 5.41 Å². The fraction of sp³-hybridized carbons (Fsp3) is 0.400. The maximum Gasteiger partial charge on any atom is 0.124 e. The van der Waals surface area contributed by atoms with Crippen molar-refractivity contribution in [3.63, 3.8) is 0 Å². The van der Waals surface area contributed by atoms with E-state index in [2.05, 4.69) is 33.1 Å². The first kappa shape index (κ1) is 13.9. The Balaban J connectivity index is 3.14. The molecule has 0 radical (unpaired) electrons. The van der Waals surface area contributed by atoms with E-state index in [-0.39, 0.29) is 11.8 Å². The molecule has 0 aliphatic heterocycles. The van der Waals surface area contributed by atoms with Crippen LogP contribution in [0.5, 0.6) is 0 Å². The molecule has 2 heteroatoms. The summed E-state index contributed by atoms with van der Waals surface area (Å²) in [4.78, 5) is 12.6. The summed E-state index contributed by atoms with van der Waals surface area (Å²) in [5, 5.41) is 0.413. The Morgan fingerprint density at radius 3 is 2.18 bits per heavy atom. The topological polar surface area (TPSA) is 17.1 Å². The van der Waals surface area contributed by atoms with E-state index in [1.54, 1.807) is 0 Å². The largest absolute Gasteiger partial charge is 0.305 e. The number of carbonyl (C=O) groups is 1. The Morgan fingerprint density at radius 1 is 1.24 bits per heavy atom. The van der Waals surface area contributed by atoms with Crippen LogP contribution in [0.15, 0.2) is 43.0 Å². The molecular formula is C15H22OSi. The minimum atomic E-state index is -1.77. The van der Waals surface area contributed by atoms with Gasteiger partial charge in [-0.15, -0.1) is 6.58 Å². The van der Waals surface area contributed by atoms with Crippen molar-refractivity contribution in [3.8, 4) is 0 Å². The Labute approximate surface area is 106 Å². The van der Waals surface area contributed by atoms with E-state index in [9.17, 15) is 4.79 Å². The van der Waals surface area contributed by atoms with Crippen molar-refractivity contribution >= 4 is 13.5 Å². The van der Waals surface area contributed by atoms with E-state index >= 15 is 0 Å². The fourth-order valence-electron chi connectivity index (χ4n) is 1.96. The van der Waals surface area contributed by atoms with Gasteiger partial charge in [-0.3, -0.25) is 0 Å². The van der Waals surface area contributed by atoms with Gasteiger partial charge in [-0.1, -0.05) is 63.0 Å². The molecule has 0 unspecified atom stereocenters. The monoisotopic (exact) mass is 246 g/mol. The van der Waals surface area contributed by atoms with Gasteiger partial charge >= 0.3 is 0 Å². The van der Waals surface area contributed by atoms with E-state index < -0.39 is 8.07 Å². The van der Waals surface area contributed by atoms with E-state index in [1.165, 1.54) is 0 Å². The molecule has 0 N–H and O–H groups in total. The number of hydrogen-bond donors (Lipinski definition) is 0. The molecule has 17 heavy (non-hydrogen) atoms. The number of hydrogen-bond acceptors (Lipinski definition) is 1. The van der Waals surface area contributed by atoms with Crippen molar-refractivity contribution in [2.75, 3.05) is 0 Å². The van der Waals surface area contributed by atoms with Crippen LogP contribution in [-0.2, 0) is 4.79 Å². The number of carbonyl (C=O) groups excluding carboxylic acids is 1.